The predicted molar refractivity (Wildman–Crippen MR) is 176 cm³/mol. The Balaban J connectivity index is 1.28. The fourth-order valence-corrected chi connectivity index (χ4v) is 8.79. The topological polar surface area (TPSA) is 112 Å². The lowest BCUT2D eigenvalue weighted by atomic mass is 9.51. The van der Waals surface area contributed by atoms with Crippen molar-refractivity contribution in [2.45, 2.75) is 32.6 Å². The number of fused-ring (bicyclic) bond motifs is 5. The Morgan fingerprint density at radius 3 is 2.17 bits per heavy atom. The van der Waals surface area contributed by atoms with Gasteiger partial charge in [0.15, 0.2) is 5.78 Å². The van der Waals surface area contributed by atoms with Crippen molar-refractivity contribution in [1.82, 2.24) is 0 Å². The number of phenolic OH excluding ortho intramolecular Hbond substituents is 1. The number of hydrogen-bond acceptors (Lipinski definition) is 6. The van der Waals surface area contributed by atoms with Gasteiger partial charge < -0.3 is 5.11 Å². The quantitative estimate of drug-likeness (QED) is 0.165. The molecule has 8 heteroatoms. The van der Waals surface area contributed by atoms with Crippen LogP contribution in [0.1, 0.15) is 48.5 Å². The first kappa shape index (κ1) is 29.1. The number of ketones is 1. The number of aromatic hydroxyl groups is 1. The van der Waals surface area contributed by atoms with Crippen molar-refractivity contribution in [2.24, 2.45) is 29.1 Å². The summed E-state index contributed by atoms with van der Waals surface area (Å²) in [5.74, 6) is -4.82. The molecule has 0 aromatic heterocycles. The first-order valence-electron chi connectivity index (χ1n) is 16.0. The van der Waals surface area contributed by atoms with Gasteiger partial charge in [0.25, 0.3) is 0 Å². The minimum Gasteiger partial charge on any atom is -0.507 e. The maximum Gasteiger partial charge on any atom is 0.241 e. The largest absolute Gasteiger partial charge is 0.507 e. The molecule has 4 amide bonds. The molecule has 47 heavy (non-hydrogen) atoms. The van der Waals surface area contributed by atoms with E-state index in [1.807, 2.05) is 55.5 Å². The Morgan fingerprint density at radius 1 is 0.766 bits per heavy atom. The maximum atomic E-state index is 14.6. The molecule has 4 aromatic rings. The molecule has 4 aromatic carbocycles. The van der Waals surface area contributed by atoms with Gasteiger partial charge in [0.1, 0.15) is 5.75 Å². The van der Waals surface area contributed by atoms with Crippen LogP contribution in [0.4, 0.5) is 11.4 Å². The second kappa shape index (κ2) is 10.3. The number of para-hydroxylation sites is 1. The molecule has 2 aliphatic carbocycles. The highest BCUT2D eigenvalue weighted by atomic mass is 16.3. The van der Waals surface area contributed by atoms with E-state index in [2.05, 4.69) is 0 Å². The molecular weight excluding hydrogens is 592 g/mol. The molecule has 8 rings (SSSR count). The molecule has 1 N–H and O–H groups in total. The van der Waals surface area contributed by atoms with Crippen LogP contribution in [-0.2, 0) is 19.2 Å². The lowest BCUT2D eigenvalue weighted by molar-refractivity contribution is -0.131. The van der Waals surface area contributed by atoms with Gasteiger partial charge >= 0.3 is 0 Å². The predicted octanol–water partition coefficient (Wildman–Crippen LogP) is 6.18. The number of Topliss-reactive ketones (excluding diaryl/α,β-unsaturated/α-hetero) is 1. The number of benzene rings is 4. The summed E-state index contributed by atoms with van der Waals surface area (Å²) in [6.07, 6.45) is 2.49. The summed E-state index contributed by atoms with van der Waals surface area (Å²) in [7, 11) is 0. The van der Waals surface area contributed by atoms with Crippen LogP contribution >= 0.6 is 0 Å². The van der Waals surface area contributed by atoms with Crippen LogP contribution in [0.15, 0.2) is 103 Å². The molecule has 2 saturated heterocycles. The van der Waals surface area contributed by atoms with Gasteiger partial charge in [0, 0.05) is 22.4 Å². The lowest BCUT2D eigenvalue weighted by Crippen LogP contribution is -2.48. The zero-order valence-electron chi connectivity index (χ0n) is 25.9. The summed E-state index contributed by atoms with van der Waals surface area (Å²) in [4.78, 5) is 71.5. The molecule has 0 unspecified atom stereocenters. The molecule has 8 nitrogen and oxygen atoms in total. The highest BCUT2D eigenvalue weighted by Gasteiger charge is 2.68. The minimum absolute atomic E-state index is 0.0381. The number of carbonyl (C=O) groups excluding carboxylic acids is 5. The number of nitrogens with zero attached hydrogens (tertiary/aromatic N) is 2. The second-order valence-corrected chi connectivity index (χ2v) is 13.3. The molecule has 6 atom stereocenters. The molecule has 1 saturated carbocycles. The Bertz CT molecular complexity index is 2070. The molecule has 0 radical (unpaired) electrons. The standard InChI is InChI=1S/C39H32N2O6/c1-21(42)22-12-15-25(16-13-22)40-35(44)28-19-18-27-30(32(28)37(40)46)20-31-36(45)41(24-9-4-3-5-10-24)38(47)39(31,2)33(27)29-17-14-23-8-6-7-11-26(23)34(29)43/h3-18,28,30-33,43H,19-20H2,1-2H3/t28-,30+,31-,32-,33+,39+/m0/s1. The molecule has 2 aliphatic heterocycles. The van der Waals surface area contributed by atoms with Gasteiger partial charge in [-0.2, -0.15) is 0 Å². The number of carbonyl (C=O) groups is 5. The van der Waals surface area contributed by atoms with E-state index in [0.717, 1.165) is 11.0 Å². The smallest absolute Gasteiger partial charge is 0.241 e. The molecule has 0 spiro atoms. The average molecular weight is 625 g/mol. The van der Waals surface area contributed by atoms with E-state index in [-0.39, 0.29) is 41.6 Å². The Kier molecular flexibility index (Phi) is 6.38. The summed E-state index contributed by atoms with van der Waals surface area (Å²) >= 11 is 0. The fraction of sp³-hybridized carbons (Fsp3) is 0.256. The van der Waals surface area contributed by atoms with Gasteiger partial charge in [0.2, 0.25) is 23.6 Å². The van der Waals surface area contributed by atoms with Crippen molar-refractivity contribution in [3.05, 3.63) is 114 Å². The highest BCUT2D eigenvalue weighted by Crippen LogP contribution is 2.64. The van der Waals surface area contributed by atoms with E-state index < -0.39 is 35.0 Å². The van der Waals surface area contributed by atoms with Crippen molar-refractivity contribution in [3.63, 3.8) is 0 Å². The Hall–Kier alpha value is -5.37. The molecule has 2 heterocycles. The van der Waals surface area contributed by atoms with Crippen LogP contribution in [-0.4, -0.2) is 34.5 Å². The zero-order chi connectivity index (χ0) is 32.8. The SMILES string of the molecule is CC(=O)c1ccc(N2C(=O)[C@H]3[C@H](CC=C4[C@H]3C[C@H]3C(=O)N(c5ccccc5)C(=O)[C@@]3(C)[C@H]4c3ccc4ccccc4c3O)C2=O)cc1. The van der Waals surface area contributed by atoms with Crippen LogP contribution in [0.3, 0.4) is 0 Å². The van der Waals surface area contributed by atoms with E-state index in [1.54, 1.807) is 48.5 Å². The van der Waals surface area contributed by atoms with Gasteiger partial charge in [-0.3, -0.25) is 28.9 Å². The monoisotopic (exact) mass is 624 g/mol. The van der Waals surface area contributed by atoms with E-state index >= 15 is 0 Å². The molecule has 234 valence electrons. The highest BCUT2D eigenvalue weighted by molar-refractivity contribution is 6.25. The average Bonchev–Trinajstić information content (AvgIpc) is 3.45. The Labute approximate surface area is 271 Å². The number of rotatable bonds is 4. The van der Waals surface area contributed by atoms with Crippen molar-refractivity contribution in [1.29, 1.82) is 0 Å². The lowest BCUT2D eigenvalue weighted by Gasteiger charge is -2.49. The molecule has 4 aliphatic rings. The third-order valence-electron chi connectivity index (χ3n) is 11.1. The summed E-state index contributed by atoms with van der Waals surface area (Å²) in [6.45, 7) is 3.27. The van der Waals surface area contributed by atoms with Crippen molar-refractivity contribution in [3.8, 4) is 5.75 Å². The van der Waals surface area contributed by atoms with Gasteiger partial charge in [-0.1, -0.05) is 66.2 Å². The third-order valence-corrected chi connectivity index (χ3v) is 11.1. The Morgan fingerprint density at radius 2 is 1.45 bits per heavy atom. The molecule has 3 fully saturated rings. The molecule has 0 bridgehead atoms. The second-order valence-electron chi connectivity index (χ2n) is 13.3. The van der Waals surface area contributed by atoms with Crippen LogP contribution in [0.5, 0.6) is 5.75 Å². The zero-order valence-corrected chi connectivity index (χ0v) is 25.9. The number of amides is 4. The normalized spacial score (nSPS) is 28.3. The van der Waals surface area contributed by atoms with Crippen molar-refractivity contribution in [2.75, 3.05) is 9.80 Å². The van der Waals surface area contributed by atoms with Crippen LogP contribution in [0.2, 0.25) is 0 Å². The van der Waals surface area contributed by atoms with E-state index in [1.165, 1.54) is 16.7 Å². The van der Waals surface area contributed by atoms with Gasteiger partial charge in [-0.15, -0.1) is 0 Å². The van der Waals surface area contributed by atoms with Gasteiger partial charge in [-0.05, 0) is 74.4 Å². The first-order valence-corrected chi connectivity index (χ1v) is 16.0. The number of anilines is 2. The number of hydrogen-bond donors (Lipinski definition) is 1. The van der Waals surface area contributed by atoms with E-state index in [4.69, 9.17) is 0 Å². The number of allylic oxidation sites excluding steroid dienone is 2. The molecular formula is C39H32N2O6. The van der Waals surface area contributed by atoms with Crippen LogP contribution < -0.4 is 9.80 Å². The first-order chi connectivity index (χ1) is 22.6. The summed E-state index contributed by atoms with van der Waals surface area (Å²) < 4.78 is 0. The maximum absolute atomic E-state index is 14.6. The van der Waals surface area contributed by atoms with Crippen LogP contribution in [0.25, 0.3) is 10.8 Å². The number of phenols is 1. The third kappa shape index (κ3) is 3.97. The fourth-order valence-electron chi connectivity index (χ4n) is 8.79. The minimum atomic E-state index is -1.25. The van der Waals surface area contributed by atoms with Crippen molar-refractivity contribution >= 4 is 51.6 Å². The van der Waals surface area contributed by atoms with Crippen molar-refractivity contribution < 1.29 is 29.1 Å². The van der Waals surface area contributed by atoms with E-state index in [9.17, 15) is 29.1 Å². The van der Waals surface area contributed by atoms with Crippen LogP contribution in [0, 0.1) is 29.1 Å². The number of imide groups is 2. The summed E-state index contributed by atoms with van der Waals surface area (Å²) in [6, 6.07) is 26.5. The summed E-state index contributed by atoms with van der Waals surface area (Å²) in [5, 5.41) is 13.3. The van der Waals surface area contributed by atoms with E-state index in [0.29, 0.717) is 34.3 Å². The van der Waals surface area contributed by atoms with Gasteiger partial charge in [-0.25, -0.2) is 4.90 Å². The summed E-state index contributed by atoms with van der Waals surface area (Å²) in [5.41, 5.74) is 1.42. The van der Waals surface area contributed by atoms with Gasteiger partial charge in [0.05, 0.1) is 34.5 Å².